The first kappa shape index (κ1) is 29.0. The lowest BCUT2D eigenvalue weighted by molar-refractivity contribution is 0.0888. The van der Waals surface area contributed by atoms with Gasteiger partial charge in [-0.25, -0.2) is 4.39 Å². The average Bonchev–Trinajstić information content (AvgIpc) is 3.34. The molecule has 6 nitrogen and oxygen atoms in total. The molecule has 0 atom stereocenters. The molecule has 0 spiro atoms. The van der Waals surface area contributed by atoms with Gasteiger partial charge in [0.2, 0.25) is 5.91 Å². The van der Waals surface area contributed by atoms with Crippen LogP contribution in [-0.4, -0.2) is 21.6 Å². The van der Waals surface area contributed by atoms with Crippen LogP contribution in [-0.2, 0) is 0 Å². The Hall–Kier alpha value is -4.52. The molecule has 0 saturated carbocycles. The highest BCUT2D eigenvalue weighted by Crippen LogP contribution is 2.35. The molecule has 0 aliphatic rings. The van der Waals surface area contributed by atoms with Crippen molar-refractivity contribution < 1.29 is 14.0 Å². The van der Waals surface area contributed by atoms with Crippen molar-refractivity contribution in [2.45, 2.75) is 65.2 Å². The molecule has 4 aromatic carbocycles. The Morgan fingerprint density at radius 3 is 2.45 bits per heavy atom. The number of benzene rings is 4. The molecule has 3 N–H and O–H groups in total. The van der Waals surface area contributed by atoms with Crippen molar-refractivity contribution in [1.82, 2.24) is 9.78 Å². The zero-order chi connectivity index (χ0) is 29.6. The number of nitrogen functional groups attached to an aromatic ring is 1. The van der Waals surface area contributed by atoms with E-state index in [4.69, 9.17) is 5.73 Å². The number of amides is 1. The van der Waals surface area contributed by atoms with Gasteiger partial charge < -0.3 is 11.1 Å². The normalized spacial score (nSPS) is 11.3. The first-order chi connectivity index (χ1) is 20.4. The first-order valence-corrected chi connectivity index (χ1v) is 14.8. The summed E-state index contributed by atoms with van der Waals surface area (Å²) in [6.45, 7) is 3.87. The van der Waals surface area contributed by atoms with Crippen molar-refractivity contribution in [3.8, 4) is 11.1 Å². The van der Waals surface area contributed by atoms with Crippen LogP contribution >= 0.6 is 0 Å². The fraction of sp³-hybridized carbons (Fsp3) is 0.286. The molecule has 42 heavy (non-hydrogen) atoms. The summed E-state index contributed by atoms with van der Waals surface area (Å²) in [7, 11) is 0. The highest BCUT2D eigenvalue weighted by Gasteiger charge is 2.18. The summed E-state index contributed by atoms with van der Waals surface area (Å²) in [5, 5.41) is 9.72. The third-order valence-corrected chi connectivity index (χ3v) is 7.82. The van der Waals surface area contributed by atoms with Gasteiger partial charge in [0.15, 0.2) is 5.82 Å². The highest BCUT2D eigenvalue weighted by molar-refractivity contribution is 6.14. The first-order valence-electron chi connectivity index (χ1n) is 14.8. The zero-order valence-corrected chi connectivity index (χ0v) is 24.3. The lowest BCUT2D eigenvalue weighted by atomic mass is 9.96. The summed E-state index contributed by atoms with van der Waals surface area (Å²) in [5.41, 5.74) is 10.4. The number of carbonyl (C=O) groups is 2. The number of rotatable bonds is 11. The number of hydrogen-bond donors (Lipinski definition) is 2. The lowest BCUT2D eigenvalue weighted by Crippen LogP contribution is -2.12. The fourth-order valence-corrected chi connectivity index (χ4v) is 5.54. The minimum atomic E-state index is -0.315. The van der Waals surface area contributed by atoms with E-state index in [1.165, 1.54) is 36.4 Å². The van der Waals surface area contributed by atoms with Gasteiger partial charge in [0.05, 0.1) is 10.9 Å². The van der Waals surface area contributed by atoms with E-state index in [1.807, 2.05) is 48.5 Å². The quantitative estimate of drug-likeness (QED) is 0.157. The number of nitrogens with one attached hydrogen (secondary N) is 1. The van der Waals surface area contributed by atoms with Crippen LogP contribution in [0, 0.1) is 12.7 Å². The second-order valence-electron chi connectivity index (χ2n) is 10.9. The second-order valence-corrected chi connectivity index (χ2v) is 10.9. The highest BCUT2D eigenvalue weighted by atomic mass is 19.1. The summed E-state index contributed by atoms with van der Waals surface area (Å²) in [6, 6.07) is 21.7. The molecule has 1 heterocycles. The number of unbranched alkanes of at least 4 members (excludes halogenated alkanes) is 6. The monoisotopic (exact) mass is 564 g/mol. The van der Waals surface area contributed by atoms with E-state index in [0.29, 0.717) is 34.6 Å². The number of halogens is 1. The molecular formula is C35H37FN4O2. The predicted octanol–water partition coefficient (Wildman–Crippen LogP) is 8.92. The smallest absolute Gasteiger partial charge is 0.256 e. The summed E-state index contributed by atoms with van der Waals surface area (Å²) < 4.78 is 15.1. The second kappa shape index (κ2) is 13.0. The largest absolute Gasteiger partial charge is 0.382 e. The van der Waals surface area contributed by atoms with Crippen LogP contribution in [0.1, 0.15) is 79.0 Å². The molecule has 0 aliphatic carbocycles. The van der Waals surface area contributed by atoms with E-state index in [1.54, 1.807) is 25.1 Å². The van der Waals surface area contributed by atoms with E-state index in [-0.39, 0.29) is 17.6 Å². The Morgan fingerprint density at radius 1 is 0.905 bits per heavy atom. The van der Waals surface area contributed by atoms with Gasteiger partial charge in [-0.1, -0.05) is 81.8 Å². The van der Waals surface area contributed by atoms with Crippen LogP contribution in [0.3, 0.4) is 0 Å². The molecule has 1 amide bonds. The molecule has 7 heteroatoms. The SMILES string of the molecule is CCCCCCCCCC(=O)n1nc(N)c2c(-c3ccc4c(C(=O)Nc5ccc(F)c(C)c5)cccc4c3)cccc21. The van der Waals surface area contributed by atoms with E-state index in [9.17, 15) is 14.0 Å². The number of carbonyl (C=O) groups excluding carboxylic acids is 2. The average molecular weight is 565 g/mol. The van der Waals surface area contributed by atoms with Gasteiger partial charge in [0, 0.05) is 17.7 Å². The zero-order valence-electron chi connectivity index (χ0n) is 24.3. The van der Waals surface area contributed by atoms with Crippen molar-refractivity contribution in [2.24, 2.45) is 0 Å². The third kappa shape index (κ3) is 6.20. The molecule has 0 aliphatic heterocycles. The number of hydrogen-bond acceptors (Lipinski definition) is 4. The van der Waals surface area contributed by atoms with Gasteiger partial charge in [-0.3, -0.25) is 9.59 Å². The van der Waals surface area contributed by atoms with Crippen molar-refractivity contribution >= 4 is 45.0 Å². The molecule has 5 aromatic rings. The van der Waals surface area contributed by atoms with E-state index >= 15 is 0 Å². The number of fused-ring (bicyclic) bond motifs is 2. The van der Waals surface area contributed by atoms with Gasteiger partial charge >= 0.3 is 0 Å². The molecule has 1 aromatic heterocycles. The van der Waals surface area contributed by atoms with Crippen LogP contribution in [0.4, 0.5) is 15.9 Å². The Morgan fingerprint density at radius 2 is 1.67 bits per heavy atom. The van der Waals surface area contributed by atoms with Gasteiger partial charge in [-0.2, -0.15) is 4.68 Å². The van der Waals surface area contributed by atoms with Crippen LogP contribution in [0.25, 0.3) is 32.8 Å². The van der Waals surface area contributed by atoms with Crippen LogP contribution in [0.15, 0.2) is 72.8 Å². The van der Waals surface area contributed by atoms with Crippen LogP contribution < -0.4 is 11.1 Å². The maximum atomic E-state index is 13.7. The standard InChI is InChI=1S/C35H37FN4O2/c1-3-4-5-6-7-8-9-16-32(41)40-31-15-11-13-28(33(31)34(37)39-40)25-17-19-27-24(22-25)12-10-14-29(27)35(42)38-26-18-20-30(36)23(2)21-26/h10-15,17-22H,3-9,16H2,1-2H3,(H2,37,39)(H,38,42). The Labute approximate surface area is 245 Å². The van der Waals surface area contributed by atoms with Gasteiger partial charge in [-0.15, -0.1) is 5.10 Å². The topological polar surface area (TPSA) is 90.0 Å². The minimum Gasteiger partial charge on any atom is -0.382 e. The Bertz CT molecular complexity index is 1760. The predicted molar refractivity (Wildman–Crippen MR) is 169 cm³/mol. The van der Waals surface area contributed by atoms with Gasteiger partial charge in [0.1, 0.15) is 5.82 Å². The summed E-state index contributed by atoms with van der Waals surface area (Å²) in [6.07, 6.45) is 8.43. The lowest BCUT2D eigenvalue weighted by Gasteiger charge is -2.11. The number of nitrogens with zero attached hydrogens (tertiary/aromatic N) is 2. The minimum absolute atomic E-state index is 0.0482. The van der Waals surface area contributed by atoms with Crippen molar-refractivity contribution in [3.63, 3.8) is 0 Å². The summed E-state index contributed by atoms with van der Waals surface area (Å²) in [4.78, 5) is 26.2. The maximum absolute atomic E-state index is 13.7. The molecule has 5 rings (SSSR count). The van der Waals surface area contributed by atoms with Crippen molar-refractivity contribution in [1.29, 1.82) is 0 Å². The van der Waals surface area contributed by atoms with Crippen LogP contribution in [0.5, 0.6) is 0 Å². The van der Waals surface area contributed by atoms with E-state index < -0.39 is 0 Å². The van der Waals surface area contributed by atoms with E-state index in [0.717, 1.165) is 46.5 Å². The number of nitrogens with two attached hydrogens (primary N) is 1. The van der Waals surface area contributed by atoms with Crippen molar-refractivity contribution in [3.05, 3.63) is 89.7 Å². The molecule has 0 unspecified atom stereocenters. The van der Waals surface area contributed by atoms with Crippen LogP contribution in [0.2, 0.25) is 0 Å². The van der Waals surface area contributed by atoms with Gasteiger partial charge in [-0.05, 0) is 77.2 Å². The Balaban J connectivity index is 1.38. The summed E-state index contributed by atoms with van der Waals surface area (Å²) in [5.74, 6) is -0.319. The molecule has 0 bridgehead atoms. The maximum Gasteiger partial charge on any atom is 0.256 e. The number of anilines is 2. The number of aromatic nitrogens is 2. The molecule has 0 fully saturated rings. The van der Waals surface area contributed by atoms with Gasteiger partial charge in [0.25, 0.3) is 5.91 Å². The molecule has 0 saturated heterocycles. The fourth-order valence-electron chi connectivity index (χ4n) is 5.54. The Kier molecular flexibility index (Phi) is 8.96. The van der Waals surface area contributed by atoms with Crippen molar-refractivity contribution in [2.75, 3.05) is 11.1 Å². The third-order valence-electron chi connectivity index (χ3n) is 7.82. The molecule has 216 valence electrons. The number of aryl methyl sites for hydroxylation is 1. The molecule has 0 radical (unpaired) electrons. The summed E-state index contributed by atoms with van der Waals surface area (Å²) >= 11 is 0. The molecular weight excluding hydrogens is 527 g/mol. The van der Waals surface area contributed by atoms with E-state index in [2.05, 4.69) is 17.3 Å².